The molecule has 1 aliphatic carbocycles. The number of nitrogens with two attached hydrogens (primary N) is 1. The number of hydrogen-bond acceptors (Lipinski definition) is 3. The molecule has 0 aromatic heterocycles. The summed E-state index contributed by atoms with van der Waals surface area (Å²) in [5.74, 6) is 0.215. The van der Waals surface area contributed by atoms with Gasteiger partial charge in [0.1, 0.15) is 0 Å². The Morgan fingerprint density at radius 3 is 2.67 bits per heavy atom. The third-order valence-corrected chi connectivity index (χ3v) is 3.33. The lowest BCUT2D eigenvalue weighted by atomic mass is 9.88. The van der Waals surface area contributed by atoms with E-state index in [1.165, 1.54) is 0 Å². The summed E-state index contributed by atoms with van der Waals surface area (Å²) in [6, 6.07) is -0.117. The van der Waals surface area contributed by atoms with Gasteiger partial charge in [0.2, 0.25) is 5.91 Å². The highest BCUT2D eigenvalue weighted by atomic mass is 16.5. The summed E-state index contributed by atoms with van der Waals surface area (Å²) >= 11 is 0. The topological polar surface area (TPSA) is 64.4 Å². The zero-order chi connectivity index (χ0) is 11.4. The molecular formula is C11H22N2O2. The fraction of sp³-hybridized carbons (Fsp3) is 0.909. The normalized spacial score (nSPS) is 29.1. The molecule has 1 fully saturated rings. The molecule has 1 aliphatic rings. The second-order valence-electron chi connectivity index (χ2n) is 4.45. The Kier molecular flexibility index (Phi) is 4.54. The molecule has 1 rings (SSSR count). The van der Waals surface area contributed by atoms with Gasteiger partial charge in [-0.05, 0) is 18.8 Å². The van der Waals surface area contributed by atoms with Crippen LogP contribution < -0.4 is 11.1 Å². The predicted octanol–water partition coefficient (Wildman–Crippen LogP) is 0.653. The average molecular weight is 214 g/mol. The highest BCUT2D eigenvalue weighted by molar-refractivity contribution is 5.82. The fourth-order valence-corrected chi connectivity index (χ4v) is 1.69. The van der Waals surface area contributed by atoms with E-state index in [1.807, 2.05) is 13.8 Å². The molecule has 3 N–H and O–H groups in total. The molecule has 2 unspecified atom stereocenters. The van der Waals surface area contributed by atoms with Crippen LogP contribution in [0.4, 0.5) is 0 Å². The number of hydrogen-bond donors (Lipinski definition) is 2. The molecule has 88 valence electrons. The lowest BCUT2D eigenvalue weighted by molar-refractivity contribution is -0.125. The summed E-state index contributed by atoms with van der Waals surface area (Å²) in [6.07, 6.45) is 3.07. The van der Waals surface area contributed by atoms with Crippen LogP contribution in [-0.2, 0) is 9.53 Å². The van der Waals surface area contributed by atoms with Gasteiger partial charge < -0.3 is 15.8 Å². The zero-order valence-electron chi connectivity index (χ0n) is 9.82. The molecule has 0 aliphatic heterocycles. The first kappa shape index (κ1) is 12.5. The smallest absolute Gasteiger partial charge is 0.237 e. The Morgan fingerprint density at radius 2 is 2.20 bits per heavy atom. The molecular weight excluding hydrogens is 192 g/mol. The standard InChI is InChI=1S/C11H22N2O2/c1-4-7(2)10(12)11(14)13-8-5-9(6-8)15-3/h7-10H,4-6,12H2,1-3H3,(H,13,14). The van der Waals surface area contributed by atoms with Gasteiger partial charge in [0, 0.05) is 13.2 Å². The van der Waals surface area contributed by atoms with Crippen LogP contribution in [0.25, 0.3) is 0 Å². The quantitative estimate of drug-likeness (QED) is 0.706. The first-order valence-corrected chi connectivity index (χ1v) is 5.67. The van der Waals surface area contributed by atoms with Crippen LogP contribution in [0.5, 0.6) is 0 Å². The molecule has 0 aromatic carbocycles. The molecule has 0 bridgehead atoms. The molecule has 0 heterocycles. The van der Waals surface area contributed by atoms with Crippen molar-refractivity contribution in [2.75, 3.05) is 7.11 Å². The van der Waals surface area contributed by atoms with E-state index in [0.29, 0.717) is 6.10 Å². The van der Waals surface area contributed by atoms with E-state index in [-0.39, 0.29) is 23.9 Å². The molecule has 0 spiro atoms. The van der Waals surface area contributed by atoms with Gasteiger partial charge in [-0.25, -0.2) is 0 Å². The van der Waals surface area contributed by atoms with E-state index in [1.54, 1.807) is 7.11 Å². The highest BCUT2D eigenvalue weighted by Gasteiger charge is 2.31. The molecule has 1 saturated carbocycles. The first-order chi connectivity index (χ1) is 7.08. The summed E-state index contributed by atoms with van der Waals surface area (Å²) in [6.45, 7) is 4.05. The summed E-state index contributed by atoms with van der Waals surface area (Å²) in [5, 5.41) is 2.95. The van der Waals surface area contributed by atoms with Gasteiger partial charge >= 0.3 is 0 Å². The number of ether oxygens (including phenoxy) is 1. The average Bonchev–Trinajstić information content (AvgIpc) is 2.19. The third kappa shape index (κ3) is 3.18. The largest absolute Gasteiger partial charge is 0.381 e. The number of carbonyl (C=O) groups is 1. The minimum Gasteiger partial charge on any atom is -0.381 e. The van der Waals surface area contributed by atoms with Crippen LogP contribution in [0, 0.1) is 5.92 Å². The minimum absolute atomic E-state index is 0.0242. The molecule has 2 atom stereocenters. The highest BCUT2D eigenvalue weighted by Crippen LogP contribution is 2.22. The summed E-state index contributed by atoms with van der Waals surface area (Å²) in [5.41, 5.74) is 5.82. The van der Waals surface area contributed by atoms with E-state index in [4.69, 9.17) is 10.5 Å². The summed E-state index contributed by atoms with van der Waals surface area (Å²) in [7, 11) is 1.70. The van der Waals surface area contributed by atoms with Gasteiger partial charge in [-0.3, -0.25) is 4.79 Å². The van der Waals surface area contributed by atoms with Crippen LogP contribution in [0.2, 0.25) is 0 Å². The Bertz CT molecular complexity index is 215. The van der Waals surface area contributed by atoms with Crippen molar-refractivity contribution in [3.05, 3.63) is 0 Å². The van der Waals surface area contributed by atoms with Gasteiger partial charge in [-0.1, -0.05) is 20.3 Å². The number of carbonyl (C=O) groups excluding carboxylic acids is 1. The van der Waals surface area contributed by atoms with E-state index < -0.39 is 0 Å². The lowest BCUT2D eigenvalue weighted by Gasteiger charge is -2.35. The minimum atomic E-state index is -0.378. The van der Waals surface area contributed by atoms with Gasteiger partial charge in [0.25, 0.3) is 0 Å². The lowest BCUT2D eigenvalue weighted by Crippen LogP contribution is -2.53. The van der Waals surface area contributed by atoms with Gasteiger partial charge in [0.15, 0.2) is 0 Å². The van der Waals surface area contributed by atoms with Crippen LogP contribution in [0.3, 0.4) is 0 Å². The number of rotatable bonds is 5. The molecule has 0 radical (unpaired) electrons. The Morgan fingerprint density at radius 1 is 1.60 bits per heavy atom. The van der Waals surface area contributed by atoms with Crippen LogP contribution >= 0.6 is 0 Å². The molecule has 15 heavy (non-hydrogen) atoms. The maximum Gasteiger partial charge on any atom is 0.237 e. The Hall–Kier alpha value is -0.610. The zero-order valence-corrected chi connectivity index (χ0v) is 9.82. The summed E-state index contributed by atoms with van der Waals surface area (Å²) < 4.78 is 5.14. The van der Waals surface area contributed by atoms with E-state index in [0.717, 1.165) is 19.3 Å². The first-order valence-electron chi connectivity index (χ1n) is 5.67. The van der Waals surface area contributed by atoms with Crippen molar-refractivity contribution in [3.63, 3.8) is 0 Å². The Labute approximate surface area is 91.5 Å². The second-order valence-corrected chi connectivity index (χ2v) is 4.45. The van der Waals surface area contributed by atoms with Crippen molar-refractivity contribution in [2.24, 2.45) is 11.7 Å². The Balaban J connectivity index is 2.25. The van der Waals surface area contributed by atoms with Crippen molar-refractivity contribution < 1.29 is 9.53 Å². The SMILES string of the molecule is CCC(C)C(N)C(=O)NC1CC(OC)C1. The fourth-order valence-electron chi connectivity index (χ4n) is 1.69. The molecule has 0 aromatic rings. The van der Waals surface area contributed by atoms with Crippen molar-refractivity contribution in [2.45, 2.75) is 51.3 Å². The van der Waals surface area contributed by atoms with Crippen molar-refractivity contribution in [1.29, 1.82) is 0 Å². The van der Waals surface area contributed by atoms with Gasteiger partial charge in [-0.15, -0.1) is 0 Å². The van der Waals surface area contributed by atoms with Crippen molar-refractivity contribution >= 4 is 5.91 Å². The monoisotopic (exact) mass is 214 g/mol. The van der Waals surface area contributed by atoms with E-state index >= 15 is 0 Å². The second kappa shape index (κ2) is 5.47. The van der Waals surface area contributed by atoms with Crippen LogP contribution in [-0.4, -0.2) is 31.2 Å². The molecule has 0 saturated heterocycles. The van der Waals surface area contributed by atoms with Crippen LogP contribution in [0.15, 0.2) is 0 Å². The predicted molar refractivity (Wildman–Crippen MR) is 59.4 cm³/mol. The van der Waals surface area contributed by atoms with Gasteiger partial charge in [0.05, 0.1) is 12.1 Å². The maximum absolute atomic E-state index is 11.7. The van der Waals surface area contributed by atoms with E-state index in [9.17, 15) is 4.79 Å². The number of methoxy groups -OCH3 is 1. The molecule has 4 nitrogen and oxygen atoms in total. The molecule has 1 amide bonds. The number of nitrogens with one attached hydrogen (secondary N) is 1. The maximum atomic E-state index is 11.7. The van der Waals surface area contributed by atoms with E-state index in [2.05, 4.69) is 5.32 Å². The van der Waals surface area contributed by atoms with Crippen molar-refractivity contribution in [3.8, 4) is 0 Å². The summed E-state index contributed by atoms with van der Waals surface area (Å²) in [4.78, 5) is 11.7. The van der Waals surface area contributed by atoms with Crippen LogP contribution in [0.1, 0.15) is 33.1 Å². The molecule has 4 heteroatoms. The number of amides is 1. The van der Waals surface area contributed by atoms with Crippen molar-refractivity contribution in [1.82, 2.24) is 5.32 Å². The third-order valence-electron chi connectivity index (χ3n) is 3.33. The van der Waals surface area contributed by atoms with Gasteiger partial charge in [-0.2, -0.15) is 0 Å².